The quantitative estimate of drug-likeness (QED) is 0.0270. The fourth-order valence-corrected chi connectivity index (χ4v) is 7.01. The minimum absolute atomic E-state index is 0.202. The molecule has 0 radical (unpaired) electrons. The molecular weight excluding hydrogens is 695 g/mol. The van der Waals surface area contributed by atoms with Gasteiger partial charge in [0.2, 0.25) is 5.91 Å². The predicted molar refractivity (Wildman–Crippen MR) is 226 cm³/mol. The van der Waals surface area contributed by atoms with Crippen molar-refractivity contribution in [2.24, 2.45) is 0 Å². The van der Waals surface area contributed by atoms with E-state index in [2.05, 4.69) is 43.5 Å². The van der Waals surface area contributed by atoms with Gasteiger partial charge in [-0.25, -0.2) is 0 Å². The van der Waals surface area contributed by atoms with Crippen LogP contribution in [0.25, 0.3) is 0 Å². The molecule has 0 aromatic carbocycles. The van der Waals surface area contributed by atoms with Crippen molar-refractivity contribution < 1.29 is 39.8 Å². The minimum atomic E-state index is -1.57. The summed E-state index contributed by atoms with van der Waals surface area (Å²) >= 11 is 0. The topological polar surface area (TPSA) is 149 Å². The highest BCUT2D eigenvalue weighted by Gasteiger charge is 2.44. The molecule has 1 aliphatic heterocycles. The maximum absolute atomic E-state index is 12.7. The fraction of sp³-hybridized carbons (Fsp3) is 0.848. The van der Waals surface area contributed by atoms with E-state index in [1.165, 1.54) is 116 Å². The van der Waals surface area contributed by atoms with Gasteiger partial charge in [0.05, 0.1) is 25.4 Å². The summed E-state index contributed by atoms with van der Waals surface area (Å²) < 4.78 is 11.1. The fourth-order valence-electron chi connectivity index (χ4n) is 7.01. The lowest BCUT2D eigenvalue weighted by atomic mass is 9.99. The third-order valence-electron chi connectivity index (χ3n) is 10.7. The van der Waals surface area contributed by atoms with Gasteiger partial charge in [0, 0.05) is 6.42 Å². The molecule has 1 rings (SSSR count). The number of amides is 1. The zero-order valence-electron chi connectivity index (χ0n) is 35.2. The molecule has 55 heavy (non-hydrogen) atoms. The van der Waals surface area contributed by atoms with E-state index >= 15 is 0 Å². The Labute approximate surface area is 336 Å². The average molecular weight is 780 g/mol. The molecule has 7 atom stereocenters. The average Bonchev–Trinajstić information content (AvgIpc) is 3.18. The second-order valence-electron chi connectivity index (χ2n) is 15.8. The Balaban J connectivity index is 2.24. The van der Waals surface area contributed by atoms with Gasteiger partial charge in [0.15, 0.2) is 6.29 Å². The van der Waals surface area contributed by atoms with E-state index in [-0.39, 0.29) is 12.5 Å². The molecule has 1 aliphatic rings. The van der Waals surface area contributed by atoms with Crippen LogP contribution < -0.4 is 5.32 Å². The van der Waals surface area contributed by atoms with Crippen LogP contribution in [0.5, 0.6) is 0 Å². The molecule has 1 amide bonds. The van der Waals surface area contributed by atoms with Crippen LogP contribution in [-0.2, 0) is 14.3 Å². The van der Waals surface area contributed by atoms with Gasteiger partial charge in [-0.3, -0.25) is 4.79 Å². The molecule has 0 saturated carbocycles. The van der Waals surface area contributed by atoms with Crippen molar-refractivity contribution in [2.45, 2.75) is 236 Å². The molecule has 9 heteroatoms. The van der Waals surface area contributed by atoms with Crippen molar-refractivity contribution >= 4 is 5.91 Å². The summed E-state index contributed by atoms with van der Waals surface area (Å²) in [6.07, 6.45) is 38.2. The van der Waals surface area contributed by atoms with Crippen LogP contribution >= 0.6 is 0 Å². The second kappa shape index (κ2) is 36.7. The number of allylic oxidation sites excluding steroid dienone is 5. The number of carbonyl (C=O) groups excluding carboxylic acids is 1. The van der Waals surface area contributed by atoms with Gasteiger partial charge in [-0.05, 0) is 44.9 Å². The molecular formula is C46H85NO8. The van der Waals surface area contributed by atoms with Gasteiger partial charge in [0.1, 0.15) is 24.4 Å². The smallest absolute Gasteiger partial charge is 0.220 e. The first kappa shape index (κ1) is 51.4. The third kappa shape index (κ3) is 27.6. The summed E-state index contributed by atoms with van der Waals surface area (Å²) in [5, 5.41) is 53.8. The van der Waals surface area contributed by atoms with Gasteiger partial charge < -0.3 is 40.3 Å². The highest BCUT2D eigenvalue weighted by molar-refractivity contribution is 5.76. The van der Waals surface area contributed by atoms with Crippen molar-refractivity contribution in [3.05, 3.63) is 36.5 Å². The number of hydrogen-bond donors (Lipinski definition) is 6. The van der Waals surface area contributed by atoms with Crippen LogP contribution in [0, 0.1) is 0 Å². The normalized spacial score (nSPS) is 21.6. The molecule has 0 aromatic rings. The van der Waals surface area contributed by atoms with Crippen LogP contribution in [0.4, 0.5) is 0 Å². The van der Waals surface area contributed by atoms with Crippen molar-refractivity contribution in [1.82, 2.24) is 5.32 Å². The van der Waals surface area contributed by atoms with Crippen molar-refractivity contribution in [1.29, 1.82) is 0 Å². The van der Waals surface area contributed by atoms with Crippen molar-refractivity contribution in [2.75, 3.05) is 13.2 Å². The molecule has 7 unspecified atom stereocenters. The molecule has 0 bridgehead atoms. The van der Waals surface area contributed by atoms with Gasteiger partial charge >= 0.3 is 0 Å². The number of unbranched alkanes of at least 4 members (excludes halogenated alkanes) is 23. The Bertz CT molecular complexity index is 956. The third-order valence-corrected chi connectivity index (χ3v) is 10.7. The zero-order valence-corrected chi connectivity index (χ0v) is 35.2. The molecule has 1 heterocycles. The number of hydrogen-bond acceptors (Lipinski definition) is 8. The monoisotopic (exact) mass is 780 g/mol. The standard InChI is InChI=1S/C46H85NO8/c1-3-5-7-9-11-12-13-14-15-16-17-18-19-20-21-22-23-24-25-26-27-28-29-30-31-33-35-40(49)39(47-42(50)36-34-32-10-8-6-4-2)38-54-46-45(53)44(52)43(51)41(37-48)55-46/h24-25,28-29,33,35,39-41,43-46,48-49,51-53H,3-23,26-27,30-32,34,36-38H2,1-2H3,(H,47,50)/b25-24+,29-28+,35-33+. The van der Waals surface area contributed by atoms with Crippen molar-refractivity contribution in [3.8, 4) is 0 Å². The van der Waals surface area contributed by atoms with E-state index in [1.807, 2.05) is 6.08 Å². The first-order valence-corrected chi connectivity index (χ1v) is 22.7. The molecule has 0 spiro atoms. The number of rotatable bonds is 37. The van der Waals surface area contributed by atoms with E-state index in [0.29, 0.717) is 6.42 Å². The maximum atomic E-state index is 12.7. The Hall–Kier alpha value is -1.59. The Morgan fingerprint density at radius 2 is 1.04 bits per heavy atom. The lowest BCUT2D eigenvalue weighted by Gasteiger charge is -2.40. The number of aliphatic hydroxyl groups excluding tert-OH is 5. The van der Waals surface area contributed by atoms with Gasteiger partial charge in [-0.2, -0.15) is 0 Å². The first-order chi connectivity index (χ1) is 26.8. The number of carbonyl (C=O) groups is 1. The second-order valence-corrected chi connectivity index (χ2v) is 15.8. The maximum Gasteiger partial charge on any atom is 0.220 e. The van der Waals surface area contributed by atoms with Gasteiger partial charge in [0.25, 0.3) is 0 Å². The summed E-state index contributed by atoms with van der Waals surface area (Å²) in [5.41, 5.74) is 0. The summed E-state index contributed by atoms with van der Waals surface area (Å²) in [6.45, 7) is 3.67. The number of nitrogens with one attached hydrogen (secondary N) is 1. The Morgan fingerprint density at radius 1 is 0.600 bits per heavy atom. The Kier molecular flexibility index (Phi) is 34.3. The molecule has 322 valence electrons. The summed E-state index contributed by atoms with van der Waals surface area (Å²) in [6, 6.07) is -0.822. The molecule has 6 N–H and O–H groups in total. The predicted octanol–water partition coefficient (Wildman–Crippen LogP) is 9.28. The number of ether oxygens (including phenoxy) is 2. The molecule has 1 fully saturated rings. The largest absolute Gasteiger partial charge is 0.394 e. The van der Waals surface area contributed by atoms with Crippen LogP contribution in [-0.4, -0.2) is 87.5 Å². The van der Waals surface area contributed by atoms with E-state index in [9.17, 15) is 30.3 Å². The highest BCUT2D eigenvalue weighted by Crippen LogP contribution is 2.22. The zero-order chi connectivity index (χ0) is 40.2. The molecule has 9 nitrogen and oxygen atoms in total. The van der Waals surface area contributed by atoms with E-state index in [1.54, 1.807) is 6.08 Å². The highest BCUT2D eigenvalue weighted by atomic mass is 16.7. The molecule has 1 saturated heterocycles. The van der Waals surface area contributed by atoms with Gasteiger partial charge in [-0.1, -0.05) is 179 Å². The van der Waals surface area contributed by atoms with E-state index in [0.717, 1.165) is 57.8 Å². The van der Waals surface area contributed by atoms with Crippen LogP contribution in [0.1, 0.15) is 194 Å². The minimum Gasteiger partial charge on any atom is -0.394 e. The van der Waals surface area contributed by atoms with Crippen molar-refractivity contribution in [3.63, 3.8) is 0 Å². The SMILES string of the molecule is CCCCCCCCCCCCCCCCCC/C=C/CC/C=C/CC/C=C/C(O)C(COC1OC(CO)C(O)C(O)C1O)NC(=O)CCCCCCCC. The van der Waals surface area contributed by atoms with E-state index in [4.69, 9.17) is 9.47 Å². The summed E-state index contributed by atoms with van der Waals surface area (Å²) in [5.74, 6) is -0.202. The summed E-state index contributed by atoms with van der Waals surface area (Å²) in [4.78, 5) is 12.7. The van der Waals surface area contributed by atoms with Crippen LogP contribution in [0.3, 0.4) is 0 Å². The molecule has 0 aromatic heterocycles. The summed E-state index contributed by atoms with van der Waals surface area (Å²) in [7, 11) is 0. The van der Waals surface area contributed by atoms with Crippen LogP contribution in [0.2, 0.25) is 0 Å². The van der Waals surface area contributed by atoms with Crippen LogP contribution in [0.15, 0.2) is 36.5 Å². The lowest BCUT2D eigenvalue weighted by Crippen LogP contribution is -2.60. The number of aliphatic hydroxyl groups is 5. The molecule has 0 aliphatic carbocycles. The van der Waals surface area contributed by atoms with Gasteiger partial charge in [-0.15, -0.1) is 0 Å². The Morgan fingerprint density at radius 3 is 1.53 bits per heavy atom. The van der Waals surface area contributed by atoms with E-state index < -0.39 is 49.5 Å². The lowest BCUT2D eigenvalue weighted by molar-refractivity contribution is -0.302. The first-order valence-electron chi connectivity index (χ1n) is 22.7.